The van der Waals surface area contributed by atoms with Gasteiger partial charge >= 0.3 is 0 Å². The van der Waals surface area contributed by atoms with Crippen LogP contribution in [0.3, 0.4) is 0 Å². The number of halogens is 1. The zero-order valence-electron chi connectivity index (χ0n) is 17.7. The van der Waals surface area contributed by atoms with Crippen LogP contribution in [0.1, 0.15) is 63.5 Å². The Morgan fingerprint density at radius 2 is 2.00 bits per heavy atom. The summed E-state index contributed by atoms with van der Waals surface area (Å²) in [7, 11) is 2.00. The Labute approximate surface area is 186 Å². The van der Waals surface area contributed by atoms with Crippen molar-refractivity contribution in [3.63, 3.8) is 0 Å². The third-order valence-corrected chi connectivity index (χ3v) is 6.16. The molecule has 1 spiro atoms. The van der Waals surface area contributed by atoms with E-state index in [-0.39, 0.29) is 24.0 Å². The highest BCUT2D eigenvalue weighted by Gasteiger charge is 2.39. The molecule has 1 aliphatic heterocycles. The van der Waals surface area contributed by atoms with Crippen LogP contribution in [-0.4, -0.2) is 58.5 Å². The maximum atomic E-state index is 5.46. The zero-order chi connectivity index (χ0) is 19.1. The highest BCUT2D eigenvalue weighted by Crippen LogP contribution is 2.43. The highest BCUT2D eigenvalue weighted by atomic mass is 127. The lowest BCUT2D eigenvalue weighted by Gasteiger charge is -2.33. The number of aromatic nitrogens is 3. The minimum absolute atomic E-state index is 0. The topological polar surface area (TPSA) is 67.6 Å². The van der Waals surface area contributed by atoms with E-state index in [4.69, 9.17) is 9.73 Å². The first kappa shape index (κ1) is 23.4. The summed E-state index contributed by atoms with van der Waals surface area (Å²) in [5, 5.41) is 12.0. The molecular formula is C20H37IN6O. The van der Waals surface area contributed by atoms with E-state index >= 15 is 0 Å². The van der Waals surface area contributed by atoms with Crippen LogP contribution >= 0.6 is 24.0 Å². The molecule has 160 valence electrons. The number of guanidine groups is 1. The van der Waals surface area contributed by atoms with Crippen LogP contribution < -0.4 is 5.32 Å². The molecular weight excluding hydrogens is 467 g/mol. The first-order valence-electron chi connectivity index (χ1n) is 10.6. The molecule has 0 bridgehead atoms. The number of aliphatic imine (C=N–C) groups is 1. The Bertz CT molecular complexity index is 626. The Morgan fingerprint density at radius 3 is 2.68 bits per heavy atom. The predicted octanol–water partition coefficient (Wildman–Crippen LogP) is 3.27. The fraction of sp³-hybridized carbons (Fsp3) is 0.850. The van der Waals surface area contributed by atoms with Gasteiger partial charge in [-0.05, 0) is 44.9 Å². The quantitative estimate of drug-likeness (QED) is 0.267. The van der Waals surface area contributed by atoms with Gasteiger partial charge in [-0.25, -0.2) is 4.99 Å². The molecule has 1 N–H and O–H groups in total. The number of ether oxygens (including phenoxy) is 1. The first-order chi connectivity index (χ1) is 13.1. The Hall–Kier alpha value is -0.900. The van der Waals surface area contributed by atoms with Crippen molar-refractivity contribution in [1.29, 1.82) is 0 Å². The highest BCUT2D eigenvalue weighted by molar-refractivity contribution is 14.0. The van der Waals surface area contributed by atoms with Crippen LogP contribution in [0.4, 0.5) is 0 Å². The van der Waals surface area contributed by atoms with Gasteiger partial charge in [0.15, 0.2) is 11.8 Å². The first-order valence-corrected chi connectivity index (χ1v) is 10.6. The molecule has 7 nitrogen and oxygen atoms in total. The average Bonchev–Trinajstić information content (AvgIpc) is 3.22. The monoisotopic (exact) mass is 504 g/mol. The van der Waals surface area contributed by atoms with Crippen molar-refractivity contribution < 1.29 is 4.74 Å². The van der Waals surface area contributed by atoms with Crippen molar-refractivity contribution in [3.05, 3.63) is 11.6 Å². The molecule has 0 radical (unpaired) electrons. The summed E-state index contributed by atoms with van der Waals surface area (Å²) in [5.41, 5.74) is 0.521. The summed E-state index contributed by atoms with van der Waals surface area (Å²) in [6, 6.07) is 0. The maximum Gasteiger partial charge on any atom is 0.194 e. The van der Waals surface area contributed by atoms with Gasteiger partial charge in [-0.2, -0.15) is 0 Å². The van der Waals surface area contributed by atoms with Gasteiger partial charge in [0.2, 0.25) is 0 Å². The van der Waals surface area contributed by atoms with Crippen LogP contribution in [0.15, 0.2) is 4.99 Å². The molecule has 1 saturated carbocycles. The van der Waals surface area contributed by atoms with Crippen LogP contribution in [0.25, 0.3) is 0 Å². The standard InChI is InChI=1S/C20H36N6O.HI/c1-4-27-14-8-12-21-19(22-15-18-24-23-17(2)25(18)3)26-13-11-20(16-26)9-6-5-7-10-20;/h4-16H2,1-3H3,(H,21,22);1H. The molecule has 1 aromatic rings. The van der Waals surface area contributed by atoms with E-state index in [9.17, 15) is 0 Å². The second-order valence-corrected chi connectivity index (χ2v) is 8.07. The Morgan fingerprint density at radius 1 is 1.21 bits per heavy atom. The van der Waals surface area contributed by atoms with Crippen LogP contribution in [0.2, 0.25) is 0 Å². The SMILES string of the molecule is CCOCCCNC(=NCc1nnc(C)n1C)N1CCC2(CCCCC2)C1.I. The Balaban J connectivity index is 0.00000280. The van der Waals surface area contributed by atoms with E-state index in [0.29, 0.717) is 12.0 Å². The second kappa shape index (κ2) is 11.3. The third kappa shape index (κ3) is 6.05. The van der Waals surface area contributed by atoms with Gasteiger partial charge in [0.1, 0.15) is 12.4 Å². The number of aryl methyl sites for hydroxylation is 1. The summed E-state index contributed by atoms with van der Waals surface area (Å²) in [5.74, 6) is 2.86. The molecule has 8 heteroatoms. The molecule has 2 heterocycles. The molecule has 3 rings (SSSR count). The van der Waals surface area contributed by atoms with Crippen LogP contribution in [-0.2, 0) is 18.3 Å². The number of hydrogen-bond donors (Lipinski definition) is 1. The van der Waals surface area contributed by atoms with Gasteiger partial charge in [-0.15, -0.1) is 34.2 Å². The number of nitrogens with zero attached hydrogens (tertiary/aromatic N) is 5. The van der Waals surface area contributed by atoms with Crippen LogP contribution in [0, 0.1) is 12.3 Å². The van der Waals surface area contributed by atoms with Gasteiger partial charge in [-0.1, -0.05) is 19.3 Å². The molecule has 1 saturated heterocycles. The second-order valence-electron chi connectivity index (χ2n) is 8.07. The minimum Gasteiger partial charge on any atom is -0.382 e. The molecule has 1 aromatic heterocycles. The summed E-state index contributed by atoms with van der Waals surface area (Å²) >= 11 is 0. The van der Waals surface area contributed by atoms with E-state index < -0.39 is 0 Å². The summed E-state index contributed by atoms with van der Waals surface area (Å²) in [4.78, 5) is 7.38. The molecule has 1 aliphatic carbocycles. The largest absolute Gasteiger partial charge is 0.382 e. The molecule has 2 fully saturated rings. The molecule has 0 amide bonds. The zero-order valence-corrected chi connectivity index (χ0v) is 20.1. The average molecular weight is 504 g/mol. The summed E-state index contributed by atoms with van der Waals surface area (Å²) in [6.07, 6.45) is 9.24. The lowest BCUT2D eigenvalue weighted by atomic mass is 9.73. The predicted molar refractivity (Wildman–Crippen MR) is 123 cm³/mol. The fourth-order valence-electron chi connectivity index (χ4n) is 4.35. The van der Waals surface area contributed by atoms with Crippen molar-refractivity contribution in [1.82, 2.24) is 25.0 Å². The number of hydrogen-bond acceptors (Lipinski definition) is 4. The number of rotatable bonds is 7. The lowest BCUT2D eigenvalue weighted by Crippen LogP contribution is -2.42. The number of likely N-dealkylation sites (tertiary alicyclic amines) is 1. The molecule has 0 atom stereocenters. The van der Waals surface area contributed by atoms with E-state index in [1.165, 1.54) is 38.5 Å². The van der Waals surface area contributed by atoms with Gasteiger partial charge in [0.25, 0.3) is 0 Å². The summed E-state index contributed by atoms with van der Waals surface area (Å²) in [6.45, 7) is 9.29. The molecule has 0 aromatic carbocycles. The van der Waals surface area contributed by atoms with Crippen LogP contribution in [0.5, 0.6) is 0 Å². The van der Waals surface area contributed by atoms with E-state index in [0.717, 1.165) is 56.9 Å². The van der Waals surface area contributed by atoms with Crippen molar-refractivity contribution in [2.75, 3.05) is 32.8 Å². The Kier molecular flexibility index (Phi) is 9.46. The van der Waals surface area contributed by atoms with E-state index in [1.54, 1.807) is 0 Å². The maximum absolute atomic E-state index is 5.46. The van der Waals surface area contributed by atoms with E-state index in [1.807, 2.05) is 25.5 Å². The molecule has 0 unspecified atom stereocenters. The van der Waals surface area contributed by atoms with E-state index in [2.05, 4.69) is 20.4 Å². The number of nitrogens with one attached hydrogen (secondary N) is 1. The van der Waals surface area contributed by atoms with Gasteiger partial charge in [0.05, 0.1) is 0 Å². The lowest BCUT2D eigenvalue weighted by molar-refractivity contribution is 0.145. The van der Waals surface area contributed by atoms with Gasteiger partial charge in [0, 0.05) is 39.9 Å². The molecule has 2 aliphatic rings. The minimum atomic E-state index is 0. The molecule has 28 heavy (non-hydrogen) atoms. The smallest absolute Gasteiger partial charge is 0.194 e. The van der Waals surface area contributed by atoms with Crippen molar-refractivity contribution in [2.24, 2.45) is 17.5 Å². The summed E-state index contributed by atoms with van der Waals surface area (Å²) < 4.78 is 7.48. The fourth-order valence-corrected chi connectivity index (χ4v) is 4.35. The third-order valence-electron chi connectivity index (χ3n) is 6.16. The normalized spacial score (nSPS) is 19.1. The van der Waals surface area contributed by atoms with Crippen molar-refractivity contribution in [2.45, 2.75) is 65.3 Å². The van der Waals surface area contributed by atoms with Gasteiger partial charge in [-0.3, -0.25) is 0 Å². The van der Waals surface area contributed by atoms with Crippen molar-refractivity contribution >= 4 is 29.9 Å². The van der Waals surface area contributed by atoms with Crippen molar-refractivity contribution in [3.8, 4) is 0 Å². The van der Waals surface area contributed by atoms with Gasteiger partial charge < -0.3 is 19.5 Å².